The number of halogens is 6. The van der Waals surface area contributed by atoms with Gasteiger partial charge in [0.25, 0.3) is 0 Å². The van der Waals surface area contributed by atoms with E-state index in [2.05, 4.69) is 85.8 Å². The van der Waals surface area contributed by atoms with Crippen molar-refractivity contribution in [2.75, 3.05) is 6.16 Å². The van der Waals surface area contributed by atoms with Crippen LogP contribution in [0.4, 0.5) is 25.2 Å². The van der Waals surface area contributed by atoms with E-state index in [4.69, 9.17) is 0 Å². The first kappa shape index (κ1) is 23.8. The molecule has 0 saturated heterocycles. The molecule has 0 aliphatic carbocycles. The zero-order valence-corrected chi connectivity index (χ0v) is 18.8. The molecule has 3 aromatic carbocycles. The zero-order valence-electron chi connectivity index (χ0n) is 17.0. The summed E-state index contributed by atoms with van der Waals surface area (Å²) in [6, 6.07) is 29.6. The van der Waals surface area contributed by atoms with Gasteiger partial charge in [0.2, 0.25) is 0 Å². The molecule has 1 heterocycles. The summed E-state index contributed by atoms with van der Waals surface area (Å²) in [6.45, 7) is 2.22. The average Bonchev–Trinajstić information content (AvgIpc) is 2.87. The molecule has 0 nitrogen and oxygen atoms in total. The molecule has 1 aliphatic rings. The fourth-order valence-corrected chi connectivity index (χ4v) is 8.47. The molecule has 0 N–H and O–H groups in total. The van der Waals surface area contributed by atoms with Gasteiger partial charge < -0.3 is 0 Å². The number of hydrogen-bond donors (Lipinski definition) is 0. The number of aryl methyl sites for hydroxylation is 2. The molecule has 0 bridgehead atoms. The summed E-state index contributed by atoms with van der Waals surface area (Å²) in [6.07, 6.45) is 5.03. The number of hydrogen-bond acceptors (Lipinski definition) is 0. The molecule has 0 amide bonds. The van der Waals surface area contributed by atoms with Gasteiger partial charge in [0, 0.05) is 0 Å². The van der Waals surface area contributed by atoms with E-state index in [1.165, 1.54) is 30.7 Å². The Morgan fingerprint density at radius 1 is 0.677 bits per heavy atom. The van der Waals surface area contributed by atoms with Gasteiger partial charge in [-0.3, -0.25) is 0 Å². The van der Waals surface area contributed by atoms with Crippen molar-refractivity contribution in [3.63, 3.8) is 0 Å². The van der Waals surface area contributed by atoms with Gasteiger partial charge >= 0.3 is 33.0 Å². The van der Waals surface area contributed by atoms with Crippen molar-refractivity contribution in [2.24, 2.45) is 0 Å². The second kappa shape index (κ2) is 7.90. The van der Waals surface area contributed by atoms with Crippen molar-refractivity contribution in [3.05, 3.63) is 95.6 Å². The molecular weight excluding hydrogens is 452 g/mol. The van der Waals surface area contributed by atoms with Gasteiger partial charge in [0.1, 0.15) is 0 Å². The molecule has 0 fully saturated rings. The summed E-state index contributed by atoms with van der Waals surface area (Å²) in [7, 11) is -12.0. The van der Waals surface area contributed by atoms with Crippen molar-refractivity contribution in [2.45, 2.75) is 25.9 Å². The monoisotopic (exact) mass is 476 g/mol. The van der Waals surface area contributed by atoms with E-state index in [0.717, 1.165) is 0 Å². The van der Waals surface area contributed by atoms with Crippen LogP contribution < -0.4 is 10.6 Å². The summed E-state index contributed by atoms with van der Waals surface area (Å²) in [5.74, 6) is 0. The Hall–Kier alpha value is -1.90. The summed E-state index contributed by atoms with van der Waals surface area (Å²) >= 11 is 0. The molecule has 8 heteroatoms. The Balaban J connectivity index is 0.000000339. The SMILES string of the molecule is Cc1ccc2c(c1)C[P+](c1ccccc1)(c1ccccc1)CCC2.F[P-](F)(F)(F)(F)F. The topological polar surface area (TPSA) is 0 Å². The van der Waals surface area contributed by atoms with Gasteiger partial charge in [-0.05, 0) is 55.2 Å². The standard InChI is InChI=1S/C23H24P.F6P/c1-19-14-15-20-9-8-16-24(18-21(20)17-19,22-10-4-2-5-11-22)23-12-6-3-7-13-23;1-7(2,3,4,5)6/h2-7,10-15,17H,8-9,16,18H2,1H3;/q+1;-1. The molecule has 0 saturated carbocycles. The third-order valence-electron chi connectivity index (χ3n) is 5.29. The second-order valence-corrected chi connectivity index (χ2v) is 13.5. The summed E-state index contributed by atoms with van der Waals surface area (Å²) < 4.78 is 59.2. The molecule has 0 unspecified atom stereocenters. The molecule has 168 valence electrons. The second-order valence-electron chi connectivity index (χ2n) is 7.85. The van der Waals surface area contributed by atoms with E-state index < -0.39 is 15.1 Å². The molecule has 31 heavy (non-hydrogen) atoms. The van der Waals surface area contributed by atoms with E-state index in [9.17, 15) is 25.2 Å². The molecule has 0 aromatic heterocycles. The van der Waals surface area contributed by atoms with Crippen molar-refractivity contribution in [1.82, 2.24) is 0 Å². The average molecular weight is 476 g/mol. The van der Waals surface area contributed by atoms with E-state index >= 15 is 0 Å². The van der Waals surface area contributed by atoms with Crippen LogP contribution in [-0.2, 0) is 12.6 Å². The van der Waals surface area contributed by atoms with Crippen LogP contribution >= 0.6 is 15.1 Å². The van der Waals surface area contributed by atoms with Crippen molar-refractivity contribution < 1.29 is 25.2 Å². The van der Waals surface area contributed by atoms with E-state index in [1.54, 1.807) is 21.7 Å². The predicted molar refractivity (Wildman–Crippen MR) is 121 cm³/mol. The Bertz CT molecular complexity index is 982. The van der Waals surface area contributed by atoms with Gasteiger partial charge in [0.05, 0.1) is 30.2 Å². The van der Waals surface area contributed by atoms with Crippen molar-refractivity contribution in [3.8, 4) is 0 Å². The molecule has 1 aliphatic heterocycles. The van der Waals surface area contributed by atoms with Crippen molar-refractivity contribution in [1.29, 1.82) is 0 Å². The number of rotatable bonds is 2. The van der Waals surface area contributed by atoms with E-state index in [1.807, 2.05) is 0 Å². The minimum atomic E-state index is -10.7. The van der Waals surface area contributed by atoms with Gasteiger partial charge in [-0.2, -0.15) is 0 Å². The maximum atomic E-state index is 9.87. The third-order valence-corrected chi connectivity index (χ3v) is 9.82. The molecule has 0 atom stereocenters. The van der Waals surface area contributed by atoms with Crippen LogP contribution in [0, 0.1) is 6.92 Å². The molecule has 0 spiro atoms. The summed E-state index contributed by atoms with van der Waals surface area (Å²) in [5.41, 5.74) is 4.53. The number of benzene rings is 3. The predicted octanol–water partition coefficient (Wildman–Crippen LogP) is 8.49. The molecular formula is C23H24F6P2. The summed E-state index contributed by atoms with van der Waals surface area (Å²) in [4.78, 5) is 0. The number of fused-ring (bicyclic) bond motifs is 1. The molecule has 0 radical (unpaired) electrons. The normalized spacial score (nSPS) is 17.8. The van der Waals surface area contributed by atoms with Crippen LogP contribution in [0.15, 0.2) is 78.9 Å². The first-order valence-corrected chi connectivity index (χ1v) is 14.0. The maximum absolute atomic E-state index is 10.7. The molecule has 3 aromatic rings. The molecule has 4 rings (SSSR count). The van der Waals surface area contributed by atoms with E-state index in [0.29, 0.717) is 0 Å². The Morgan fingerprint density at radius 2 is 1.16 bits per heavy atom. The van der Waals surface area contributed by atoms with Crippen LogP contribution in [0.5, 0.6) is 0 Å². The minimum absolute atomic E-state index is 1.21. The Morgan fingerprint density at radius 3 is 1.65 bits per heavy atom. The van der Waals surface area contributed by atoms with Gasteiger partial charge in [0.15, 0.2) is 0 Å². The fraction of sp³-hybridized carbons (Fsp3) is 0.217. The van der Waals surface area contributed by atoms with Gasteiger partial charge in [-0.1, -0.05) is 60.2 Å². The summed E-state index contributed by atoms with van der Waals surface area (Å²) in [5, 5.41) is 3.12. The van der Waals surface area contributed by atoms with Gasteiger partial charge in [-0.15, -0.1) is 0 Å². The first-order valence-electron chi connectivity index (χ1n) is 9.86. The quantitative estimate of drug-likeness (QED) is 0.257. The van der Waals surface area contributed by atoms with Crippen LogP contribution in [0.2, 0.25) is 0 Å². The fourth-order valence-electron chi connectivity index (χ4n) is 4.07. The van der Waals surface area contributed by atoms with Crippen molar-refractivity contribution >= 4 is 25.7 Å². The van der Waals surface area contributed by atoms with Crippen LogP contribution in [-0.4, -0.2) is 6.16 Å². The Labute approximate surface area is 178 Å². The first-order chi connectivity index (χ1) is 14.2. The van der Waals surface area contributed by atoms with Crippen LogP contribution in [0.1, 0.15) is 23.1 Å². The zero-order chi connectivity index (χ0) is 22.8. The van der Waals surface area contributed by atoms with Crippen LogP contribution in [0.3, 0.4) is 0 Å². The van der Waals surface area contributed by atoms with E-state index in [-0.39, 0.29) is 0 Å². The Kier molecular flexibility index (Phi) is 6.06. The third kappa shape index (κ3) is 7.33. The van der Waals surface area contributed by atoms with Crippen LogP contribution in [0.25, 0.3) is 0 Å². The van der Waals surface area contributed by atoms with Gasteiger partial charge in [-0.25, -0.2) is 0 Å².